The zero-order valence-corrected chi connectivity index (χ0v) is 30.0. The van der Waals surface area contributed by atoms with Crippen LogP contribution in [0.3, 0.4) is 0 Å². The van der Waals surface area contributed by atoms with Gasteiger partial charge in [0.05, 0.1) is 0 Å². The van der Waals surface area contributed by atoms with Crippen molar-refractivity contribution >= 4 is 33.8 Å². The quantitative estimate of drug-likeness (QED) is 0.193. The highest BCUT2D eigenvalue weighted by atomic mass is 79.9. The van der Waals surface area contributed by atoms with Gasteiger partial charge in [0.25, 0.3) is 0 Å². The summed E-state index contributed by atoms with van der Waals surface area (Å²) in [6.07, 6.45) is 8.31. The Balaban J connectivity index is 1.28. The molecule has 4 amide bonds. The minimum atomic E-state index is -0.852. The molecule has 2 aliphatic rings. The SMILES string of the molecule is O=C(NCCN1CCCCC1)[C@H](Cc1ccc(OCc2ccccc2)cc1)NC(=O)[C@H](Cc1ccc(Br)cc1)NC(=O)N1CCCCCC1. The lowest BCUT2D eigenvalue weighted by atomic mass is 10.0. The van der Waals surface area contributed by atoms with Crippen LogP contribution in [0.4, 0.5) is 4.79 Å². The number of halogens is 1. The molecule has 2 heterocycles. The van der Waals surface area contributed by atoms with Gasteiger partial charge in [-0.3, -0.25) is 9.59 Å². The summed E-state index contributed by atoms with van der Waals surface area (Å²) in [6.45, 7) is 5.17. The van der Waals surface area contributed by atoms with E-state index < -0.39 is 12.1 Å². The number of carbonyl (C=O) groups is 3. The van der Waals surface area contributed by atoms with E-state index in [1.165, 1.54) is 19.3 Å². The van der Waals surface area contributed by atoms with Gasteiger partial charge in [-0.25, -0.2) is 4.79 Å². The maximum absolute atomic E-state index is 14.0. The molecular formula is C39H50BrN5O4. The molecule has 5 rings (SSSR count). The van der Waals surface area contributed by atoms with Crippen molar-refractivity contribution in [1.29, 1.82) is 0 Å². The number of ether oxygens (including phenoxy) is 1. The van der Waals surface area contributed by atoms with E-state index in [4.69, 9.17) is 4.74 Å². The van der Waals surface area contributed by atoms with Crippen LogP contribution in [0.5, 0.6) is 5.75 Å². The first-order valence-electron chi connectivity index (χ1n) is 17.8. The number of hydrogen-bond acceptors (Lipinski definition) is 5. The molecule has 3 N–H and O–H groups in total. The number of piperidine rings is 1. The molecule has 0 bridgehead atoms. The fraction of sp³-hybridized carbons (Fsp3) is 0.462. The predicted molar refractivity (Wildman–Crippen MR) is 196 cm³/mol. The third-order valence-corrected chi connectivity index (χ3v) is 9.81. The van der Waals surface area contributed by atoms with Gasteiger partial charge in [-0.1, -0.05) is 89.8 Å². The summed E-state index contributed by atoms with van der Waals surface area (Å²) >= 11 is 3.48. The smallest absolute Gasteiger partial charge is 0.318 e. The van der Waals surface area contributed by atoms with Gasteiger partial charge in [-0.05, 0) is 79.7 Å². The number of carbonyl (C=O) groups excluding carboxylic acids is 3. The summed E-state index contributed by atoms with van der Waals surface area (Å²) in [5.41, 5.74) is 2.88. The van der Waals surface area contributed by atoms with Crippen LogP contribution in [0.1, 0.15) is 61.6 Å². The molecule has 9 nitrogen and oxygen atoms in total. The fourth-order valence-electron chi connectivity index (χ4n) is 6.40. The number of nitrogens with zero attached hydrogens (tertiary/aromatic N) is 2. The molecule has 10 heteroatoms. The highest BCUT2D eigenvalue weighted by Gasteiger charge is 2.29. The molecule has 0 spiro atoms. The number of likely N-dealkylation sites (tertiary alicyclic amines) is 2. The second-order valence-corrected chi connectivity index (χ2v) is 14.0. The van der Waals surface area contributed by atoms with Crippen LogP contribution >= 0.6 is 15.9 Å². The molecule has 262 valence electrons. The van der Waals surface area contributed by atoms with Gasteiger partial charge in [-0.2, -0.15) is 0 Å². The second kappa shape index (κ2) is 19.3. The van der Waals surface area contributed by atoms with E-state index in [1.807, 2.05) is 78.9 Å². The van der Waals surface area contributed by atoms with Gasteiger partial charge in [0.15, 0.2) is 0 Å². The summed E-state index contributed by atoms with van der Waals surface area (Å²) in [6, 6.07) is 23.4. The highest BCUT2D eigenvalue weighted by Crippen LogP contribution is 2.17. The topological polar surface area (TPSA) is 103 Å². The van der Waals surface area contributed by atoms with Crippen LogP contribution < -0.4 is 20.7 Å². The van der Waals surface area contributed by atoms with E-state index in [9.17, 15) is 14.4 Å². The summed E-state index contributed by atoms with van der Waals surface area (Å²) in [5.74, 6) is 0.103. The Morgan fingerprint density at radius 2 is 1.22 bits per heavy atom. The average Bonchev–Trinajstić information content (AvgIpc) is 3.42. The number of rotatable bonds is 14. The summed E-state index contributed by atoms with van der Waals surface area (Å²) < 4.78 is 6.90. The van der Waals surface area contributed by atoms with Gasteiger partial charge in [0.1, 0.15) is 24.4 Å². The van der Waals surface area contributed by atoms with Crippen LogP contribution in [-0.2, 0) is 29.0 Å². The lowest BCUT2D eigenvalue weighted by Gasteiger charge is -2.28. The van der Waals surface area contributed by atoms with Crippen molar-refractivity contribution in [3.05, 3.63) is 100 Å². The molecule has 0 radical (unpaired) electrons. The normalized spacial score (nSPS) is 16.6. The van der Waals surface area contributed by atoms with Gasteiger partial charge in [0, 0.05) is 43.5 Å². The summed E-state index contributed by atoms with van der Waals surface area (Å²) in [4.78, 5) is 45.3. The molecule has 2 saturated heterocycles. The van der Waals surface area contributed by atoms with E-state index in [1.54, 1.807) is 4.90 Å². The Kier molecular flexibility index (Phi) is 14.4. The zero-order chi connectivity index (χ0) is 34.3. The molecule has 0 aliphatic carbocycles. The van der Waals surface area contributed by atoms with Crippen molar-refractivity contribution in [3.8, 4) is 5.75 Å². The van der Waals surface area contributed by atoms with Gasteiger partial charge in [0.2, 0.25) is 11.8 Å². The number of nitrogens with one attached hydrogen (secondary N) is 3. The van der Waals surface area contributed by atoms with Crippen LogP contribution in [0.25, 0.3) is 0 Å². The minimum absolute atomic E-state index is 0.240. The minimum Gasteiger partial charge on any atom is -0.489 e. The molecule has 49 heavy (non-hydrogen) atoms. The molecule has 2 atom stereocenters. The van der Waals surface area contributed by atoms with Crippen LogP contribution in [0, 0.1) is 0 Å². The maximum atomic E-state index is 14.0. The van der Waals surface area contributed by atoms with Crippen molar-refractivity contribution in [1.82, 2.24) is 25.8 Å². The number of urea groups is 1. The first-order chi connectivity index (χ1) is 23.9. The Hall–Kier alpha value is -3.89. The van der Waals surface area contributed by atoms with Gasteiger partial charge in [-0.15, -0.1) is 0 Å². The third-order valence-electron chi connectivity index (χ3n) is 9.28. The van der Waals surface area contributed by atoms with E-state index in [-0.39, 0.29) is 17.8 Å². The molecular weight excluding hydrogens is 682 g/mol. The highest BCUT2D eigenvalue weighted by molar-refractivity contribution is 9.10. The average molecular weight is 733 g/mol. The molecule has 0 saturated carbocycles. The van der Waals surface area contributed by atoms with Crippen molar-refractivity contribution in [3.63, 3.8) is 0 Å². The summed E-state index contributed by atoms with van der Waals surface area (Å²) in [7, 11) is 0. The Labute approximate surface area is 299 Å². The monoisotopic (exact) mass is 731 g/mol. The van der Waals surface area contributed by atoms with E-state index in [0.717, 1.165) is 72.2 Å². The van der Waals surface area contributed by atoms with E-state index in [2.05, 4.69) is 36.8 Å². The molecule has 2 fully saturated rings. The largest absolute Gasteiger partial charge is 0.489 e. The van der Waals surface area contributed by atoms with E-state index >= 15 is 0 Å². The van der Waals surface area contributed by atoms with Crippen LogP contribution in [-0.4, -0.2) is 79.0 Å². The van der Waals surface area contributed by atoms with E-state index in [0.29, 0.717) is 39.1 Å². The molecule has 3 aromatic carbocycles. The van der Waals surface area contributed by atoms with Crippen molar-refractivity contribution in [2.45, 2.75) is 76.5 Å². The van der Waals surface area contributed by atoms with Crippen molar-refractivity contribution in [2.75, 3.05) is 39.3 Å². The molecule has 0 aromatic heterocycles. The first-order valence-corrected chi connectivity index (χ1v) is 18.6. The van der Waals surface area contributed by atoms with Crippen molar-refractivity contribution in [2.24, 2.45) is 0 Å². The maximum Gasteiger partial charge on any atom is 0.318 e. The van der Waals surface area contributed by atoms with Crippen LogP contribution in [0.15, 0.2) is 83.3 Å². The lowest BCUT2D eigenvalue weighted by molar-refractivity contribution is -0.130. The predicted octanol–water partition coefficient (Wildman–Crippen LogP) is 5.85. The standard InChI is InChI=1S/C39H50BrN5O4/c40-33-17-13-30(14-18-33)28-36(43-39(48)45-24-9-1-2-10-25-45)38(47)42-35(37(46)41-21-26-44-22-7-4-8-23-44)27-31-15-19-34(20-16-31)49-29-32-11-5-3-6-12-32/h3,5-6,11-20,35-36H,1-2,4,7-10,21-29H2,(H,41,46)(H,42,47)(H,43,48)/t35-,36-/m0/s1. The Morgan fingerprint density at radius 1 is 0.653 bits per heavy atom. The zero-order valence-electron chi connectivity index (χ0n) is 28.4. The number of benzene rings is 3. The Morgan fingerprint density at radius 3 is 1.88 bits per heavy atom. The molecule has 3 aromatic rings. The van der Waals surface area contributed by atoms with Gasteiger partial charge < -0.3 is 30.5 Å². The lowest BCUT2D eigenvalue weighted by Crippen LogP contribution is -2.57. The molecule has 0 unspecified atom stereocenters. The second-order valence-electron chi connectivity index (χ2n) is 13.1. The van der Waals surface area contributed by atoms with Gasteiger partial charge >= 0.3 is 6.03 Å². The first kappa shape index (κ1) is 36.4. The Bertz CT molecular complexity index is 1460. The van der Waals surface area contributed by atoms with Crippen molar-refractivity contribution < 1.29 is 19.1 Å². The summed E-state index contributed by atoms with van der Waals surface area (Å²) in [5, 5.41) is 9.12. The van der Waals surface area contributed by atoms with Crippen LogP contribution in [0.2, 0.25) is 0 Å². The number of hydrogen-bond donors (Lipinski definition) is 3. The fourth-order valence-corrected chi connectivity index (χ4v) is 6.67. The number of amides is 4. The molecule has 2 aliphatic heterocycles. The third kappa shape index (κ3) is 12.2.